The Kier molecular flexibility index (Phi) is 3.46. The van der Waals surface area contributed by atoms with Gasteiger partial charge in [-0.1, -0.05) is 19.3 Å². The third kappa shape index (κ3) is 2.61. The Morgan fingerprint density at radius 1 is 1.21 bits per heavy atom. The van der Waals surface area contributed by atoms with E-state index in [9.17, 15) is 0 Å². The molecule has 4 nitrogen and oxygen atoms in total. The van der Waals surface area contributed by atoms with Crippen molar-refractivity contribution < 1.29 is 0 Å². The normalized spacial score (nSPS) is 16.7. The number of nitrogen functional groups attached to an aromatic ring is 1. The van der Waals surface area contributed by atoms with Crippen LogP contribution in [0.25, 0.3) is 10.6 Å². The molecule has 2 aromatic heterocycles. The lowest BCUT2D eigenvalue weighted by atomic mass is 9.87. The summed E-state index contributed by atoms with van der Waals surface area (Å²) >= 11 is 1.65. The maximum Gasteiger partial charge on any atom is 0.137 e. The van der Waals surface area contributed by atoms with Crippen LogP contribution in [0.15, 0.2) is 11.6 Å². The first-order valence-corrected chi connectivity index (χ1v) is 7.67. The monoisotopic (exact) mass is 274 g/mol. The number of hydrogen-bond acceptors (Lipinski definition) is 5. The fourth-order valence-corrected chi connectivity index (χ4v) is 3.57. The van der Waals surface area contributed by atoms with Crippen molar-refractivity contribution in [3.05, 3.63) is 23.1 Å². The second-order valence-electron chi connectivity index (χ2n) is 5.13. The lowest BCUT2D eigenvalue weighted by Crippen LogP contribution is -2.04. The lowest BCUT2D eigenvalue weighted by Gasteiger charge is -2.19. The molecule has 3 rings (SSSR count). The Morgan fingerprint density at radius 2 is 2.00 bits per heavy atom. The maximum absolute atomic E-state index is 5.96. The van der Waals surface area contributed by atoms with Gasteiger partial charge in [-0.2, -0.15) is 0 Å². The summed E-state index contributed by atoms with van der Waals surface area (Å²) in [5.74, 6) is 1.86. The maximum atomic E-state index is 5.96. The molecule has 1 fully saturated rings. The van der Waals surface area contributed by atoms with Crippen molar-refractivity contribution >= 4 is 17.2 Å². The van der Waals surface area contributed by atoms with E-state index in [-0.39, 0.29) is 0 Å². The van der Waals surface area contributed by atoms with E-state index in [0.717, 1.165) is 10.6 Å². The molecular weight excluding hydrogens is 256 g/mol. The van der Waals surface area contributed by atoms with Gasteiger partial charge in [-0.3, -0.25) is 0 Å². The van der Waals surface area contributed by atoms with Gasteiger partial charge < -0.3 is 5.73 Å². The Labute approximate surface area is 117 Å². The van der Waals surface area contributed by atoms with Gasteiger partial charge in [0, 0.05) is 17.5 Å². The molecule has 0 saturated heterocycles. The zero-order valence-corrected chi connectivity index (χ0v) is 11.9. The van der Waals surface area contributed by atoms with E-state index in [4.69, 9.17) is 10.7 Å². The summed E-state index contributed by atoms with van der Waals surface area (Å²) in [6.45, 7) is 1.84. The van der Waals surface area contributed by atoms with Crippen LogP contribution in [0, 0.1) is 6.92 Å². The predicted octanol–water partition coefficient (Wildman–Crippen LogP) is 3.54. The number of nitrogens with zero attached hydrogens (tertiary/aromatic N) is 3. The summed E-state index contributed by atoms with van der Waals surface area (Å²) in [5.41, 5.74) is 8.04. The van der Waals surface area contributed by atoms with E-state index in [1.165, 1.54) is 37.8 Å². The minimum Gasteiger partial charge on any atom is -0.383 e. The van der Waals surface area contributed by atoms with Crippen molar-refractivity contribution in [2.24, 2.45) is 0 Å². The highest BCUT2D eigenvalue weighted by Gasteiger charge is 2.19. The van der Waals surface area contributed by atoms with Gasteiger partial charge in [-0.25, -0.2) is 15.0 Å². The quantitative estimate of drug-likeness (QED) is 0.909. The lowest BCUT2D eigenvalue weighted by molar-refractivity contribution is 0.438. The number of thiazole rings is 1. The highest BCUT2D eigenvalue weighted by molar-refractivity contribution is 7.13. The topological polar surface area (TPSA) is 64.7 Å². The van der Waals surface area contributed by atoms with Crippen molar-refractivity contribution in [3.63, 3.8) is 0 Å². The first-order valence-electron chi connectivity index (χ1n) is 6.79. The fraction of sp³-hybridized carbons (Fsp3) is 0.500. The molecule has 100 valence electrons. The van der Waals surface area contributed by atoms with E-state index in [1.54, 1.807) is 17.5 Å². The van der Waals surface area contributed by atoms with Crippen LogP contribution < -0.4 is 5.73 Å². The number of rotatable bonds is 2. The molecule has 0 spiro atoms. The number of nitrogens with two attached hydrogens (primary N) is 1. The molecule has 19 heavy (non-hydrogen) atoms. The smallest absolute Gasteiger partial charge is 0.137 e. The number of aryl methyl sites for hydroxylation is 1. The average Bonchev–Trinajstić information content (AvgIpc) is 2.89. The summed E-state index contributed by atoms with van der Waals surface area (Å²) in [6.07, 6.45) is 8.33. The Hall–Kier alpha value is -1.49. The highest BCUT2D eigenvalue weighted by Crippen LogP contribution is 2.35. The summed E-state index contributed by atoms with van der Waals surface area (Å²) < 4.78 is 0. The van der Waals surface area contributed by atoms with Gasteiger partial charge in [0.1, 0.15) is 16.6 Å². The van der Waals surface area contributed by atoms with E-state index in [0.29, 0.717) is 17.6 Å². The summed E-state index contributed by atoms with van der Waals surface area (Å²) in [5, 5.41) is 3.11. The van der Waals surface area contributed by atoms with Crippen LogP contribution in [0.3, 0.4) is 0 Å². The number of hydrogen-bond donors (Lipinski definition) is 1. The van der Waals surface area contributed by atoms with Gasteiger partial charge in [-0.15, -0.1) is 11.3 Å². The van der Waals surface area contributed by atoms with Crippen LogP contribution >= 0.6 is 11.3 Å². The molecule has 0 atom stereocenters. The zero-order valence-electron chi connectivity index (χ0n) is 11.1. The van der Waals surface area contributed by atoms with E-state index in [2.05, 4.69) is 15.3 Å². The number of anilines is 1. The molecule has 0 aliphatic heterocycles. The van der Waals surface area contributed by atoms with E-state index < -0.39 is 0 Å². The second kappa shape index (κ2) is 5.25. The molecule has 0 amide bonds. The van der Waals surface area contributed by atoms with Crippen LogP contribution in [0.4, 0.5) is 5.82 Å². The zero-order chi connectivity index (χ0) is 13.2. The van der Waals surface area contributed by atoms with Gasteiger partial charge in [0.25, 0.3) is 0 Å². The summed E-state index contributed by atoms with van der Waals surface area (Å²) in [6, 6.07) is 0. The van der Waals surface area contributed by atoms with Crippen molar-refractivity contribution in [1.82, 2.24) is 15.0 Å². The first kappa shape index (κ1) is 12.5. The predicted molar refractivity (Wildman–Crippen MR) is 78.1 cm³/mol. The van der Waals surface area contributed by atoms with Crippen molar-refractivity contribution in [2.75, 3.05) is 5.73 Å². The van der Waals surface area contributed by atoms with Crippen molar-refractivity contribution in [3.8, 4) is 10.6 Å². The van der Waals surface area contributed by atoms with Crippen LogP contribution in [0.1, 0.15) is 49.5 Å². The molecule has 2 N–H and O–H groups in total. The van der Waals surface area contributed by atoms with Gasteiger partial charge in [0.05, 0.1) is 11.3 Å². The van der Waals surface area contributed by atoms with Crippen LogP contribution in [0.2, 0.25) is 0 Å². The highest BCUT2D eigenvalue weighted by atomic mass is 32.1. The summed E-state index contributed by atoms with van der Waals surface area (Å²) in [4.78, 5) is 13.2. The second-order valence-corrected chi connectivity index (χ2v) is 5.99. The minimum atomic E-state index is 0.525. The SMILES string of the molecule is Cc1ncc(-c2nc(C3CCCCC3)cs2)c(N)n1. The van der Waals surface area contributed by atoms with Gasteiger partial charge >= 0.3 is 0 Å². The van der Waals surface area contributed by atoms with Crippen LogP contribution in [0.5, 0.6) is 0 Å². The summed E-state index contributed by atoms with van der Waals surface area (Å²) in [7, 11) is 0. The largest absolute Gasteiger partial charge is 0.383 e. The molecule has 2 heterocycles. The number of aromatic nitrogens is 3. The molecule has 1 aliphatic rings. The molecular formula is C14H18N4S. The van der Waals surface area contributed by atoms with Gasteiger partial charge in [0.15, 0.2) is 0 Å². The fourth-order valence-electron chi connectivity index (χ4n) is 2.65. The first-order chi connectivity index (χ1) is 9.24. The third-order valence-corrected chi connectivity index (χ3v) is 4.61. The van der Waals surface area contributed by atoms with E-state index in [1.807, 2.05) is 6.92 Å². The minimum absolute atomic E-state index is 0.525. The molecule has 1 saturated carbocycles. The van der Waals surface area contributed by atoms with Gasteiger partial charge in [-0.05, 0) is 19.8 Å². The van der Waals surface area contributed by atoms with E-state index >= 15 is 0 Å². The molecule has 5 heteroatoms. The van der Waals surface area contributed by atoms with Crippen molar-refractivity contribution in [1.29, 1.82) is 0 Å². The molecule has 0 bridgehead atoms. The Balaban J connectivity index is 1.87. The van der Waals surface area contributed by atoms with Gasteiger partial charge in [0.2, 0.25) is 0 Å². The average molecular weight is 274 g/mol. The Bertz CT molecular complexity index is 573. The Morgan fingerprint density at radius 3 is 2.74 bits per heavy atom. The van der Waals surface area contributed by atoms with Crippen molar-refractivity contribution in [2.45, 2.75) is 44.9 Å². The molecule has 0 unspecified atom stereocenters. The van der Waals surface area contributed by atoms with Crippen LogP contribution in [-0.2, 0) is 0 Å². The molecule has 1 aliphatic carbocycles. The molecule has 0 aromatic carbocycles. The molecule has 2 aromatic rings. The third-order valence-electron chi connectivity index (χ3n) is 3.71. The standard InChI is InChI=1S/C14H18N4S/c1-9-16-7-11(13(15)17-9)14-18-12(8-19-14)10-5-3-2-4-6-10/h7-8,10H,2-6H2,1H3,(H2,15,16,17). The van der Waals surface area contributed by atoms with Crippen LogP contribution in [-0.4, -0.2) is 15.0 Å². The molecule has 0 radical (unpaired) electrons.